The highest BCUT2D eigenvalue weighted by molar-refractivity contribution is 5.85. The number of nitrogens with zero attached hydrogens (tertiary/aromatic N) is 1. The van der Waals surface area contributed by atoms with Crippen molar-refractivity contribution in [3.8, 4) is 5.75 Å². The topological polar surface area (TPSA) is 41.8 Å². The van der Waals surface area contributed by atoms with Gasteiger partial charge in [0.1, 0.15) is 11.9 Å². The fourth-order valence-electron chi connectivity index (χ4n) is 2.62. The summed E-state index contributed by atoms with van der Waals surface area (Å²) in [6.07, 6.45) is 3.55. The van der Waals surface area contributed by atoms with E-state index in [-0.39, 0.29) is 6.10 Å². The second kappa shape index (κ2) is 6.44. The first-order valence-electron chi connectivity index (χ1n) is 7.33. The van der Waals surface area contributed by atoms with Gasteiger partial charge in [-0.3, -0.25) is 0 Å². The molecule has 21 heavy (non-hydrogen) atoms. The molecule has 108 valence electrons. The van der Waals surface area contributed by atoms with Crippen LogP contribution in [0.1, 0.15) is 24.0 Å². The van der Waals surface area contributed by atoms with Crippen LogP contribution >= 0.6 is 0 Å². The molecule has 3 rings (SSSR count). The van der Waals surface area contributed by atoms with E-state index in [1.165, 1.54) is 5.56 Å². The summed E-state index contributed by atoms with van der Waals surface area (Å²) in [6, 6.07) is 17.8. The van der Waals surface area contributed by atoms with E-state index in [1.807, 2.05) is 36.4 Å². The summed E-state index contributed by atoms with van der Waals surface area (Å²) in [4.78, 5) is 5.51. The van der Waals surface area contributed by atoms with Crippen molar-refractivity contribution < 1.29 is 9.94 Å². The highest BCUT2D eigenvalue weighted by atomic mass is 16.6. The summed E-state index contributed by atoms with van der Waals surface area (Å²) in [7, 11) is 0. The fraction of sp³-hybridized carbons (Fsp3) is 0.278. The Hall–Kier alpha value is -2.29. The molecule has 1 atom stereocenters. The molecule has 1 aliphatic rings. The molecule has 2 aromatic rings. The van der Waals surface area contributed by atoms with Crippen molar-refractivity contribution in [2.75, 3.05) is 0 Å². The summed E-state index contributed by atoms with van der Waals surface area (Å²) in [5.74, 6) is 0.359. The van der Waals surface area contributed by atoms with Crippen LogP contribution in [0.15, 0.2) is 59.8 Å². The maximum Gasteiger partial charge on any atom is 0.136 e. The zero-order valence-corrected chi connectivity index (χ0v) is 11.9. The van der Waals surface area contributed by atoms with Crippen LogP contribution in [0.2, 0.25) is 0 Å². The number of hydrogen-bond donors (Lipinski definition) is 1. The Morgan fingerprint density at radius 2 is 1.76 bits per heavy atom. The van der Waals surface area contributed by atoms with Crippen molar-refractivity contribution >= 4 is 5.71 Å². The summed E-state index contributed by atoms with van der Waals surface area (Å²) < 4.78 is 0. The Labute approximate surface area is 124 Å². The van der Waals surface area contributed by atoms with Crippen LogP contribution in [0.3, 0.4) is 0 Å². The number of oxime groups is 1. The molecule has 0 aliphatic carbocycles. The number of hydrogen-bond acceptors (Lipinski definition) is 3. The number of rotatable bonds is 5. The van der Waals surface area contributed by atoms with Crippen LogP contribution in [0.5, 0.6) is 5.75 Å². The third kappa shape index (κ3) is 3.63. The Bertz CT molecular complexity index is 622. The van der Waals surface area contributed by atoms with Gasteiger partial charge in [0.05, 0.1) is 5.71 Å². The monoisotopic (exact) mass is 281 g/mol. The zero-order valence-electron chi connectivity index (χ0n) is 11.9. The van der Waals surface area contributed by atoms with Crippen LogP contribution < -0.4 is 0 Å². The predicted molar refractivity (Wildman–Crippen MR) is 83.5 cm³/mol. The van der Waals surface area contributed by atoms with Gasteiger partial charge >= 0.3 is 0 Å². The lowest BCUT2D eigenvalue weighted by Gasteiger charge is -2.07. The van der Waals surface area contributed by atoms with Gasteiger partial charge in [-0.05, 0) is 30.0 Å². The molecule has 3 nitrogen and oxygen atoms in total. The average Bonchev–Trinajstić information content (AvgIpc) is 2.95. The van der Waals surface area contributed by atoms with Crippen LogP contribution in [0.25, 0.3) is 0 Å². The molecule has 0 radical (unpaired) electrons. The molecule has 0 saturated carbocycles. The van der Waals surface area contributed by atoms with Gasteiger partial charge < -0.3 is 9.94 Å². The zero-order chi connectivity index (χ0) is 14.5. The van der Waals surface area contributed by atoms with Crippen molar-refractivity contribution in [1.29, 1.82) is 0 Å². The Morgan fingerprint density at radius 1 is 1.00 bits per heavy atom. The van der Waals surface area contributed by atoms with Gasteiger partial charge in [-0.2, -0.15) is 0 Å². The maximum atomic E-state index is 9.76. The molecule has 0 fully saturated rings. The number of phenols is 1. The van der Waals surface area contributed by atoms with Crippen LogP contribution in [-0.2, 0) is 17.7 Å². The van der Waals surface area contributed by atoms with Gasteiger partial charge in [-0.1, -0.05) is 53.7 Å². The molecular weight excluding hydrogens is 262 g/mol. The lowest BCUT2D eigenvalue weighted by atomic mass is 10.00. The maximum absolute atomic E-state index is 9.76. The van der Waals surface area contributed by atoms with Crippen LogP contribution in [-0.4, -0.2) is 16.9 Å². The second-order valence-corrected chi connectivity index (χ2v) is 5.41. The quantitative estimate of drug-likeness (QED) is 0.907. The molecule has 1 unspecified atom stereocenters. The van der Waals surface area contributed by atoms with E-state index < -0.39 is 0 Å². The lowest BCUT2D eigenvalue weighted by molar-refractivity contribution is 0.0859. The third-order valence-corrected chi connectivity index (χ3v) is 3.77. The normalized spacial score (nSPS) is 17.3. The summed E-state index contributed by atoms with van der Waals surface area (Å²) >= 11 is 0. The van der Waals surface area contributed by atoms with Crippen molar-refractivity contribution in [2.45, 2.75) is 31.8 Å². The van der Waals surface area contributed by atoms with E-state index in [0.717, 1.165) is 37.0 Å². The van der Waals surface area contributed by atoms with E-state index in [9.17, 15) is 5.11 Å². The number of aromatic hydroxyl groups is 1. The summed E-state index contributed by atoms with van der Waals surface area (Å²) in [5, 5.41) is 14.0. The van der Waals surface area contributed by atoms with Gasteiger partial charge in [0.25, 0.3) is 0 Å². The molecule has 0 amide bonds. The van der Waals surface area contributed by atoms with E-state index in [0.29, 0.717) is 5.75 Å². The molecule has 0 bridgehead atoms. The minimum absolute atomic E-state index is 0.145. The molecule has 1 heterocycles. The molecule has 3 heteroatoms. The molecule has 0 spiro atoms. The largest absolute Gasteiger partial charge is 0.508 e. The first-order valence-corrected chi connectivity index (χ1v) is 7.33. The number of phenolic OH excluding ortho intramolecular Hbond substituents is 1. The van der Waals surface area contributed by atoms with Gasteiger partial charge in [0.15, 0.2) is 0 Å². The first-order chi connectivity index (χ1) is 10.3. The van der Waals surface area contributed by atoms with E-state index in [4.69, 9.17) is 4.84 Å². The fourth-order valence-corrected chi connectivity index (χ4v) is 2.62. The molecule has 1 N–H and O–H groups in total. The lowest BCUT2D eigenvalue weighted by Crippen LogP contribution is -2.11. The number of para-hydroxylation sites is 1. The SMILES string of the molecule is Oc1ccccc1CCC1=NOC(Cc2ccccc2)C1. The standard InChI is InChI=1S/C18H19NO2/c20-18-9-5-4-8-15(18)10-11-16-13-17(21-19-16)12-14-6-2-1-3-7-14/h1-9,17,20H,10-13H2. The van der Waals surface area contributed by atoms with E-state index in [2.05, 4.69) is 17.3 Å². The van der Waals surface area contributed by atoms with Gasteiger partial charge in [-0.15, -0.1) is 0 Å². The Balaban J connectivity index is 1.50. The molecule has 0 aromatic heterocycles. The van der Waals surface area contributed by atoms with Gasteiger partial charge in [0.2, 0.25) is 0 Å². The Morgan fingerprint density at radius 3 is 2.57 bits per heavy atom. The highest BCUT2D eigenvalue weighted by Crippen LogP contribution is 2.21. The molecule has 2 aromatic carbocycles. The average molecular weight is 281 g/mol. The molecule has 0 saturated heterocycles. The number of aryl methyl sites for hydroxylation is 1. The third-order valence-electron chi connectivity index (χ3n) is 3.77. The van der Waals surface area contributed by atoms with Crippen molar-refractivity contribution in [3.63, 3.8) is 0 Å². The second-order valence-electron chi connectivity index (χ2n) is 5.41. The number of benzene rings is 2. The summed E-state index contributed by atoms with van der Waals surface area (Å²) in [5.41, 5.74) is 3.32. The van der Waals surface area contributed by atoms with Crippen LogP contribution in [0.4, 0.5) is 0 Å². The van der Waals surface area contributed by atoms with E-state index >= 15 is 0 Å². The van der Waals surface area contributed by atoms with Gasteiger partial charge in [0, 0.05) is 12.8 Å². The van der Waals surface area contributed by atoms with Crippen molar-refractivity contribution in [1.82, 2.24) is 0 Å². The summed E-state index contributed by atoms with van der Waals surface area (Å²) in [6.45, 7) is 0. The Kier molecular flexibility index (Phi) is 4.20. The van der Waals surface area contributed by atoms with E-state index in [1.54, 1.807) is 6.07 Å². The minimum Gasteiger partial charge on any atom is -0.508 e. The van der Waals surface area contributed by atoms with Crippen LogP contribution in [0, 0.1) is 0 Å². The highest BCUT2D eigenvalue weighted by Gasteiger charge is 2.21. The molecule has 1 aliphatic heterocycles. The van der Waals surface area contributed by atoms with Crippen molar-refractivity contribution in [3.05, 3.63) is 65.7 Å². The smallest absolute Gasteiger partial charge is 0.136 e. The molecular formula is C18H19NO2. The van der Waals surface area contributed by atoms with Gasteiger partial charge in [-0.25, -0.2) is 0 Å². The van der Waals surface area contributed by atoms with Crippen molar-refractivity contribution in [2.24, 2.45) is 5.16 Å². The predicted octanol–water partition coefficient (Wildman–Crippen LogP) is 3.71. The first kappa shape index (κ1) is 13.7. The minimum atomic E-state index is 0.145.